The van der Waals surface area contributed by atoms with E-state index < -0.39 is 0 Å². The van der Waals surface area contributed by atoms with E-state index in [1.165, 1.54) is 5.56 Å². The van der Waals surface area contributed by atoms with E-state index in [0.717, 1.165) is 30.0 Å². The van der Waals surface area contributed by atoms with Gasteiger partial charge in [-0.1, -0.05) is 36.4 Å². The van der Waals surface area contributed by atoms with Crippen molar-refractivity contribution in [2.24, 2.45) is 0 Å². The predicted molar refractivity (Wildman–Crippen MR) is 96.2 cm³/mol. The summed E-state index contributed by atoms with van der Waals surface area (Å²) < 4.78 is 5.68. The van der Waals surface area contributed by atoms with Gasteiger partial charge in [-0.25, -0.2) is 4.98 Å². The Bertz CT molecular complexity index is 854. The third kappa shape index (κ3) is 3.81. The molecule has 0 atom stereocenters. The summed E-state index contributed by atoms with van der Waals surface area (Å²) in [5, 5.41) is 2.87. The average molecular weight is 348 g/mol. The SMILES string of the molecule is O=C(NCCc1ccccc1)c1nc2c(o1)CN(Cc1cccnc1)C2. The molecule has 6 heteroatoms. The lowest BCUT2D eigenvalue weighted by Crippen LogP contribution is -2.26. The minimum absolute atomic E-state index is 0.157. The second kappa shape index (κ2) is 7.49. The number of amides is 1. The number of carbonyl (C=O) groups excluding carboxylic acids is 1. The van der Waals surface area contributed by atoms with Crippen LogP contribution in [0.25, 0.3) is 0 Å². The van der Waals surface area contributed by atoms with Crippen molar-refractivity contribution in [3.63, 3.8) is 0 Å². The zero-order chi connectivity index (χ0) is 17.8. The third-order valence-electron chi connectivity index (χ3n) is 4.38. The molecule has 1 aliphatic heterocycles. The van der Waals surface area contributed by atoms with Crippen molar-refractivity contribution >= 4 is 5.91 Å². The largest absolute Gasteiger partial charge is 0.436 e. The summed E-state index contributed by atoms with van der Waals surface area (Å²) in [5.41, 5.74) is 3.19. The van der Waals surface area contributed by atoms with Crippen LogP contribution < -0.4 is 5.32 Å². The van der Waals surface area contributed by atoms with Gasteiger partial charge in [0.25, 0.3) is 5.89 Å². The van der Waals surface area contributed by atoms with Crippen LogP contribution in [0.3, 0.4) is 0 Å². The normalized spacial score (nSPS) is 13.5. The highest BCUT2D eigenvalue weighted by Crippen LogP contribution is 2.24. The van der Waals surface area contributed by atoms with Gasteiger partial charge in [0, 0.05) is 32.0 Å². The van der Waals surface area contributed by atoms with Crippen LogP contribution in [0.1, 0.15) is 33.3 Å². The fourth-order valence-corrected chi connectivity index (χ4v) is 3.10. The summed E-state index contributed by atoms with van der Waals surface area (Å²) >= 11 is 0. The smallest absolute Gasteiger partial charge is 0.307 e. The number of hydrogen-bond donors (Lipinski definition) is 1. The van der Waals surface area contributed by atoms with Crippen LogP contribution in [0.2, 0.25) is 0 Å². The summed E-state index contributed by atoms with van der Waals surface area (Å²) in [5.74, 6) is 0.681. The molecule has 0 aliphatic carbocycles. The molecule has 3 heterocycles. The predicted octanol–water partition coefficient (Wildman–Crippen LogP) is 2.56. The molecule has 0 unspecified atom stereocenters. The second-order valence-corrected chi connectivity index (χ2v) is 6.39. The Labute approximate surface area is 151 Å². The molecule has 4 rings (SSSR count). The molecule has 26 heavy (non-hydrogen) atoms. The lowest BCUT2D eigenvalue weighted by atomic mass is 10.1. The lowest BCUT2D eigenvalue weighted by Gasteiger charge is -2.13. The van der Waals surface area contributed by atoms with Crippen LogP contribution in [0.15, 0.2) is 59.3 Å². The number of nitrogens with zero attached hydrogens (tertiary/aromatic N) is 3. The number of benzene rings is 1. The van der Waals surface area contributed by atoms with Gasteiger partial charge in [0.15, 0.2) is 0 Å². The summed E-state index contributed by atoms with van der Waals surface area (Å²) in [4.78, 5) is 22.9. The van der Waals surface area contributed by atoms with Crippen LogP contribution in [-0.2, 0) is 26.1 Å². The van der Waals surface area contributed by atoms with Crippen LogP contribution in [0, 0.1) is 0 Å². The fraction of sp³-hybridized carbons (Fsp3) is 0.250. The van der Waals surface area contributed by atoms with Crippen LogP contribution >= 0.6 is 0 Å². The number of hydrogen-bond acceptors (Lipinski definition) is 5. The molecule has 1 aromatic carbocycles. The van der Waals surface area contributed by atoms with Gasteiger partial charge in [0.05, 0.1) is 12.2 Å². The Morgan fingerprint density at radius 3 is 2.73 bits per heavy atom. The third-order valence-corrected chi connectivity index (χ3v) is 4.38. The molecular weight excluding hydrogens is 328 g/mol. The van der Waals surface area contributed by atoms with Crippen molar-refractivity contribution in [2.45, 2.75) is 26.1 Å². The molecule has 3 aromatic rings. The number of carbonyl (C=O) groups is 1. The van der Waals surface area contributed by atoms with Crippen molar-refractivity contribution < 1.29 is 9.21 Å². The van der Waals surface area contributed by atoms with E-state index in [1.807, 2.05) is 48.7 Å². The van der Waals surface area contributed by atoms with Gasteiger partial charge >= 0.3 is 5.91 Å². The molecule has 0 bridgehead atoms. The van der Waals surface area contributed by atoms with Crippen molar-refractivity contribution in [1.82, 2.24) is 20.2 Å². The number of oxazole rings is 1. The highest BCUT2D eigenvalue weighted by atomic mass is 16.4. The van der Waals surface area contributed by atoms with E-state index in [1.54, 1.807) is 6.20 Å². The van der Waals surface area contributed by atoms with Crippen LogP contribution in [0.4, 0.5) is 0 Å². The minimum Gasteiger partial charge on any atom is -0.436 e. The van der Waals surface area contributed by atoms with Gasteiger partial charge in [-0.05, 0) is 23.6 Å². The zero-order valence-corrected chi connectivity index (χ0v) is 14.4. The van der Waals surface area contributed by atoms with Crippen molar-refractivity contribution in [3.05, 3.63) is 83.3 Å². The second-order valence-electron chi connectivity index (χ2n) is 6.39. The first-order chi connectivity index (χ1) is 12.8. The van der Waals surface area contributed by atoms with E-state index in [0.29, 0.717) is 19.6 Å². The first-order valence-corrected chi connectivity index (χ1v) is 8.70. The maximum absolute atomic E-state index is 12.2. The van der Waals surface area contributed by atoms with Gasteiger partial charge in [0.1, 0.15) is 5.76 Å². The van der Waals surface area contributed by atoms with Gasteiger partial charge in [-0.3, -0.25) is 14.7 Å². The van der Waals surface area contributed by atoms with E-state index in [-0.39, 0.29) is 11.8 Å². The first kappa shape index (κ1) is 16.5. The monoisotopic (exact) mass is 348 g/mol. The van der Waals surface area contributed by atoms with E-state index in [9.17, 15) is 4.79 Å². The Hall–Kier alpha value is -2.99. The summed E-state index contributed by atoms with van der Waals surface area (Å²) in [7, 11) is 0. The molecule has 1 aliphatic rings. The molecule has 1 N–H and O–H groups in total. The number of pyridine rings is 1. The number of rotatable bonds is 6. The van der Waals surface area contributed by atoms with Gasteiger partial charge < -0.3 is 9.73 Å². The van der Waals surface area contributed by atoms with Gasteiger partial charge in [-0.15, -0.1) is 0 Å². The molecule has 1 amide bonds. The summed E-state index contributed by atoms with van der Waals surface area (Å²) in [6.45, 7) is 2.70. The maximum Gasteiger partial charge on any atom is 0.307 e. The molecule has 132 valence electrons. The highest BCUT2D eigenvalue weighted by Gasteiger charge is 2.27. The van der Waals surface area contributed by atoms with E-state index in [2.05, 4.69) is 20.2 Å². The number of fused-ring (bicyclic) bond motifs is 1. The average Bonchev–Trinajstić information content (AvgIpc) is 3.22. The lowest BCUT2D eigenvalue weighted by molar-refractivity contribution is 0.0914. The molecule has 0 saturated carbocycles. The molecule has 6 nitrogen and oxygen atoms in total. The van der Waals surface area contributed by atoms with E-state index in [4.69, 9.17) is 4.42 Å². The van der Waals surface area contributed by atoms with Gasteiger partial charge in [0.2, 0.25) is 0 Å². The molecule has 0 radical (unpaired) electrons. The van der Waals surface area contributed by atoms with Crippen LogP contribution in [-0.4, -0.2) is 27.3 Å². The maximum atomic E-state index is 12.2. The Balaban J connectivity index is 1.29. The molecule has 0 spiro atoms. The number of nitrogens with one attached hydrogen (secondary N) is 1. The number of aromatic nitrogens is 2. The summed E-state index contributed by atoms with van der Waals surface area (Å²) in [6.07, 6.45) is 4.41. The molecule has 0 fully saturated rings. The molecular formula is C20H20N4O2. The fourth-order valence-electron chi connectivity index (χ4n) is 3.10. The Morgan fingerprint density at radius 1 is 1.12 bits per heavy atom. The molecule has 2 aromatic heterocycles. The van der Waals surface area contributed by atoms with Crippen molar-refractivity contribution in [3.8, 4) is 0 Å². The molecule has 0 saturated heterocycles. The van der Waals surface area contributed by atoms with Crippen LogP contribution in [0.5, 0.6) is 0 Å². The summed E-state index contributed by atoms with van der Waals surface area (Å²) in [6, 6.07) is 14.0. The Morgan fingerprint density at radius 2 is 1.96 bits per heavy atom. The first-order valence-electron chi connectivity index (χ1n) is 8.70. The standard InChI is InChI=1S/C20H20N4O2/c25-19(22-10-8-15-5-2-1-3-6-15)20-23-17-13-24(14-18(17)26-20)12-16-7-4-9-21-11-16/h1-7,9,11H,8,10,12-14H2,(H,22,25). The Kier molecular flexibility index (Phi) is 4.75. The highest BCUT2D eigenvalue weighted by molar-refractivity contribution is 5.89. The minimum atomic E-state index is -0.255. The zero-order valence-electron chi connectivity index (χ0n) is 14.4. The van der Waals surface area contributed by atoms with E-state index >= 15 is 0 Å². The van der Waals surface area contributed by atoms with Crippen molar-refractivity contribution in [2.75, 3.05) is 6.54 Å². The quantitative estimate of drug-likeness (QED) is 0.741. The van der Waals surface area contributed by atoms with Gasteiger partial charge in [-0.2, -0.15) is 0 Å². The van der Waals surface area contributed by atoms with Crippen molar-refractivity contribution in [1.29, 1.82) is 0 Å². The topological polar surface area (TPSA) is 71.3 Å².